The van der Waals surface area contributed by atoms with Crippen LogP contribution in [0, 0.1) is 0 Å². The van der Waals surface area contributed by atoms with Gasteiger partial charge >= 0.3 is 6.18 Å². The molecule has 0 radical (unpaired) electrons. The summed E-state index contributed by atoms with van der Waals surface area (Å²) in [6, 6.07) is 3.87. The van der Waals surface area contributed by atoms with E-state index in [1.165, 1.54) is 12.3 Å². The van der Waals surface area contributed by atoms with Crippen LogP contribution in [0.1, 0.15) is 28.7 Å². The summed E-state index contributed by atoms with van der Waals surface area (Å²) in [6.07, 6.45) is -2.27. The fourth-order valence-corrected chi connectivity index (χ4v) is 2.59. The number of hydrogen-bond acceptors (Lipinski definition) is 5. The number of carbonyl (C=O) groups excluding carboxylic acids is 1. The first-order valence-corrected chi connectivity index (χ1v) is 8.15. The minimum Gasteiger partial charge on any atom is -0.477 e. The molecule has 3 rings (SSSR count). The molecule has 3 heterocycles. The Morgan fingerprint density at radius 3 is 2.85 bits per heavy atom. The van der Waals surface area contributed by atoms with Gasteiger partial charge in [-0.05, 0) is 25.1 Å². The molecular formula is C16H13ClF3N5O2. The Kier molecular flexibility index (Phi) is 5.17. The number of halogens is 4. The fraction of sp³-hybridized carbons (Fsp3) is 0.250. The Balaban J connectivity index is 1.85. The van der Waals surface area contributed by atoms with Crippen LogP contribution in [0.4, 0.5) is 13.2 Å². The lowest BCUT2D eigenvalue weighted by molar-refractivity contribution is -0.137. The molecule has 1 N–H and O–H groups in total. The third-order valence-corrected chi connectivity index (χ3v) is 3.84. The zero-order valence-electron chi connectivity index (χ0n) is 13.9. The van der Waals surface area contributed by atoms with Gasteiger partial charge in [0.05, 0.1) is 23.7 Å². The number of aromatic nitrogens is 4. The van der Waals surface area contributed by atoms with Crippen LogP contribution in [0.3, 0.4) is 0 Å². The second-order valence-electron chi connectivity index (χ2n) is 5.36. The van der Waals surface area contributed by atoms with E-state index in [-0.39, 0.29) is 34.5 Å². The Labute approximate surface area is 156 Å². The molecule has 27 heavy (non-hydrogen) atoms. The highest BCUT2D eigenvalue weighted by atomic mass is 35.5. The second kappa shape index (κ2) is 7.39. The largest absolute Gasteiger partial charge is 0.477 e. The van der Waals surface area contributed by atoms with E-state index in [0.29, 0.717) is 6.61 Å². The van der Waals surface area contributed by atoms with Crippen molar-refractivity contribution in [2.45, 2.75) is 19.6 Å². The number of nitrogens with one attached hydrogen (secondary N) is 1. The molecule has 0 spiro atoms. The van der Waals surface area contributed by atoms with Gasteiger partial charge in [-0.15, -0.1) is 10.2 Å². The second-order valence-corrected chi connectivity index (χ2v) is 5.76. The van der Waals surface area contributed by atoms with Gasteiger partial charge in [-0.2, -0.15) is 13.2 Å². The van der Waals surface area contributed by atoms with Crippen molar-refractivity contribution in [3.05, 3.63) is 52.6 Å². The number of rotatable bonds is 5. The molecule has 0 aliphatic carbocycles. The van der Waals surface area contributed by atoms with Crippen molar-refractivity contribution >= 4 is 23.2 Å². The summed E-state index contributed by atoms with van der Waals surface area (Å²) in [5.74, 6) is -0.263. The molecule has 0 aromatic carbocycles. The van der Waals surface area contributed by atoms with Gasteiger partial charge in [0.1, 0.15) is 5.56 Å². The lowest BCUT2D eigenvalue weighted by Crippen LogP contribution is -2.25. The zero-order chi connectivity index (χ0) is 19.6. The molecule has 0 aliphatic rings. The molecule has 0 saturated heterocycles. The van der Waals surface area contributed by atoms with Gasteiger partial charge in [0.15, 0.2) is 11.5 Å². The van der Waals surface area contributed by atoms with Gasteiger partial charge in [-0.1, -0.05) is 11.6 Å². The first-order chi connectivity index (χ1) is 12.8. The van der Waals surface area contributed by atoms with Crippen molar-refractivity contribution in [2.24, 2.45) is 0 Å². The van der Waals surface area contributed by atoms with Crippen LogP contribution in [0.5, 0.6) is 5.88 Å². The van der Waals surface area contributed by atoms with Crippen molar-refractivity contribution in [1.82, 2.24) is 24.9 Å². The fourth-order valence-electron chi connectivity index (χ4n) is 2.35. The molecule has 142 valence electrons. The highest BCUT2D eigenvalue weighted by Gasteiger charge is 2.32. The van der Waals surface area contributed by atoms with E-state index in [4.69, 9.17) is 16.3 Å². The molecule has 0 bridgehead atoms. The van der Waals surface area contributed by atoms with Gasteiger partial charge in [0.25, 0.3) is 5.91 Å². The van der Waals surface area contributed by atoms with Crippen molar-refractivity contribution in [3.63, 3.8) is 0 Å². The van der Waals surface area contributed by atoms with Crippen LogP contribution in [-0.2, 0) is 12.7 Å². The van der Waals surface area contributed by atoms with E-state index >= 15 is 0 Å². The van der Waals surface area contributed by atoms with Crippen molar-refractivity contribution in [2.75, 3.05) is 6.61 Å². The maximum atomic E-state index is 13.0. The van der Waals surface area contributed by atoms with Crippen molar-refractivity contribution in [3.8, 4) is 5.88 Å². The van der Waals surface area contributed by atoms with Crippen LogP contribution in [0.15, 0.2) is 30.6 Å². The summed E-state index contributed by atoms with van der Waals surface area (Å²) < 4.78 is 45.3. The van der Waals surface area contributed by atoms with Crippen LogP contribution in [0.2, 0.25) is 5.02 Å². The molecule has 0 unspecified atom stereocenters. The molecule has 3 aromatic rings. The molecule has 0 fully saturated rings. The number of carbonyl (C=O) groups is 1. The predicted octanol–water partition coefficient (Wildman–Crippen LogP) is 3.13. The van der Waals surface area contributed by atoms with E-state index in [1.54, 1.807) is 13.0 Å². The molecule has 11 heteroatoms. The molecule has 0 atom stereocenters. The normalized spacial score (nSPS) is 11.6. The van der Waals surface area contributed by atoms with Gasteiger partial charge < -0.3 is 10.1 Å². The molecular weight excluding hydrogens is 387 g/mol. The van der Waals surface area contributed by atoms with Crippen LogP contribution in [0.25, 0.3) is 5.65 Å². The number of pyridine rings is 2. The topological polar surface area (TPSA) is 81.4 Å². The summed E-state index contributed by atoms with van der Waals surface area (Å²) in [6.45, 7) is 1.91. The number of nitrogens with zero attached hydrogens (tertiary/aromatic N) is 4. The smallest absolute Gasteiger partial charge is 0.417 e. The summed E-state index contributed by atoms with van der Waals surface area (Å²) in [4.78, 5) is 16.3. The maximum Gasteiger partial charge on any atom is 0.417 e. The number of ether oxygens (including phenoxy) is 1. The highest BCUT2D eigenvalue weighted by Crippen LogP contribution is 2.32. The van der Waals surface area contributed by atoms with Gasteiger partial charge in [-0.25, -0.2) is 4.98 Å². The number of amides is 1. The SMILES string of the molecule is CCOc1ncccc1C(=O)NCc1nnc2c(Cl)cc(C(F)(F)F)cn12. The minimum absolute atomic E-state index is 0.0605. The molecule has 0 saturated carbocycles. The Morgan fingerprint density at radius 1 is 1.37 bits per heavy atom. The van der Waals surface area contributed by atoms with Crippen molar-refractivity contribution in [1.29, 1.82) is 0 Å². The number of alkyl halides is 3. The Hall–Kier alpha value is -2.88. The van der Waals surface area contributed by atoms with E-state index in [0.717, 1.165) is 16.7 Å². The van der Waals surface area contributed by atoms with Crippen LogP contribution < -0.4 is 10.1 Å². The monoisotopic (exact) mass is 399 g/mol. The van der Waals surface area contributed by atoms with E-state index < -0.39 is 17.6 Å². The van der Waals surface area contributed by atoms with Crippen LogP contribution in [-0.4, -0.2) is 32.1 Å². The summed E-state index contributed by atoms with van der Waals surface area (Å²) in [7, 11) is 0. The maximum absolute atomic E-state index is 13.0. The lowest BCUT2D eigenvalue weighted by atomic mass is 10.2. The summed E-state index contributed by atoms with van der Waals surface area (Å²) in [5.41, 5.74) is -0.689. The average Bonchev–Trinajstić information content (AvgIpc) is 3.03. The van der Waals surface area contributed by atoms with E-state index in [2.05, 4.69) is 20.5 Å². The zero-order valence-corrected chi connectivity index (χ0v) is 14.7. The summed E-state index contributed by atoms with van der Waals surface area (Å²) in [5, 5.41) is 9.94. The number of fused-ring (bicyclic) bond motifs is 1. The predicted molar refractivity (Wildman–Crippen MR) is 89.6 cm³/mol. The van der Waals surface area contributed by atoms with E-state index in [1.807, 2.05) is 0 Å². The van der Waals surface area contributed by atoms with Crippen molar-refractivity contribution < 1.29 is 22.7 Å². The first kappa shape index (κ1) is 18.9. The lowest BCUT2D eigenvalue weighted by Gasteiger charge is -2.10. The minimum atomic E-state index is -4.58. The average molecular weight is 400 g/mol. The molecule has 3 aromatic heterocycles. The Bertz CT molecular complexity index is 990. The number of hydrogen-bond donors (Lipinski definition) is 1. The molecule has 7 nitrogen and oxygen atoms in total. The van der Waals surface area contributed by atoms with Gasteiger partial charge in [-0.3, -0.25) is 9.20 Å². The third-order valence-electron chi connectivity index (χ3n) is 3.56. The summed E-state index contributed by atoms with van der Waals surface area (Å²) >= 11 is 5.86. The quantitative estimate of drug-likeness (QED) is 0.713. The van der Waals surface area contributed by atoms with Crippen LogP contribution >= 0.6 is 11.6 Å². The highest BCUT2D eigenvalue weighted by molar-refractivity contribution is 6.33. The first-order valence-electron chi connectivity index (χ1n) is 7.77. The van der Waals surface area contributed by atoms with Gasteiger partial charge in [0.2, 0.25) is 5.88 Å². The molecule has 1 amide bonds. The van der Waals surface area contributed by atoms with E-state index in [9.17, 15) is 18.0 Å². The van der Waals surface area contributed by atoms with Gasteiger partial charge in [0, 0.05) is 12.4 Å². The Morgan fingerprint density at radius 2 is 2.15 bits per heavy atom. The molecule has 0 aliphatic heterocycles. The third kappa shape index (κ3) is 3.95. The standard InChI is InChI=1S/C16H13ClF3N5O2/c1-2-27-15-10(4-3-5-21-15)14(26)22-7-12-23-24-13-11(17)6-9(8-25(12)13)16(18,19)20/h3-6,8H,2,7H2,1H3,(H,22,26).